The Kier molecular flexibility index (Phi) is 4.30. The van der Waals surface area contributed by atoms with E-state index in [-0.39, 0.29) is 5.75 Å². The van der Waals surface area contributed by atoms with E-state index >= 15 is 0 Å². The van der Waals surface area contributed by atoms with Crippen molar-refractivity contribution in [2.45, 2.75) is 0 Å². The van der Waals surface area contributed by atoms with E-state index in [0.717, 1.165) is 38.4 Å². The lowest BCUT2D eigenvalue weighted by molar-refractivity contribution is 0.476. The van der Waals surface area contributed by atoms with Crippen LogP contribution in [0.15, 0.2) is 108 Å². The Labute approximate surface area is 169 Å². The Morgan fingerprint density at radius 2 is 1.24 bits per heavy atom. The quantitative estimate of drug-likeness (QED) is 0.265. The second-order valence-corrected chi connectivity index (χ2v) is 7.03. The number of aliphatic imine (C=N–C) groups is 1. The minimum atomic E-state index is 0.244. The maximum Gasteiger partial charge on any atom is 0.132 e. The van der Waals surface area contributed by atoms with Crippen LogP contribution in [0.3, 0.4) is 0 Å². The van der Waals surface area contributed by atoms with Gasteiger partial charge in [-0.15, -0.1) is 0 Å². The number of fused-ring (bicyclic) bond motifs is 2. The maximum absolute atomic E-state index is 11.1. The summed E-state index contributed by atoms with van der Waals surface area (Å²) < 4.78 is 0. The van der Waals surface area contributed by atoms with Crippen molar-refractivity contribution in [1.82, 2.24) is 0 Å². The minimum Gasteiger partial charge on any atom is -0.507 e. The van der Waals surface area contributed by atoms with E-state index in [4.69, 9.17) is 0 Å². The van der Waals surface area contributed by atoms with Gasteiger partial charge in [0.2, 0.25) is 0 Å². The Morgan fingerprint density at radius 3 is 1.93 bits per heavy atom. The topological polar surface area (TPSA) is 32.6 Å². The first kappa shape index (κ1) is 17.2. The highest BCUT2D eigenvalue weighted by Gasteiger charge is 2.14. The summed E-state index contributed by atoms with van der Waals surface area (Å²) in [6.45, 7) is 0. The van der Waals surface area contributed by atoms with Crippen LogP contribution < -0.4 is 0 Å². The van der Waals surface area contributed by atoms with E-state index < -0.39 is 0 Å². The molecule has 2 nitrogen and oxygen atoms in total. The number of hydrogen-bond acceptors (Lipinski definition) is 2. The lowest BCUT2D eigenvalue weighted by Gasteiger charge is -2.14. The zero-order valence-electron chi connectivity index (χ0n) is 15.8. The number of benzene rings is 5. The standard InChI is InChI=1S/C27H19NO/c29-27-21(18-28-22-12-2-1-3-13-22)11-8-16-25(27)26-23-14-6-4-9-19(23)17-20-10-5-7-15-24(20)26/h1-18,29H. The monoisotopic (exact) mass is 373 g/mol. The van der Waals surface area contributed by atoms with Crippen LogP contribution in [0.1, 0.15) is 5.56 Å². The van der Waals surface area contributed by atoms with Gasteiger partial charge >= 0.3 is 0 Å². The Balaban J connectivity index is 1.74. The molecule has 5 aromatic carbocycles. The molecule has 0 unspecified atom stereocenters. The van der Waals surface area contributed by atoms with Crippen LogP contribution >= 0.6 is 0 Å². The van der Waals surface area contributed by atoms with Crippen LogP contribution in [-0.4, -0.2) is 11.3 Å². The van der Waals surface area contributed by atoms with Crippen molar-refractivity contribution in [3.05, 3.63) is 109 Å². The van der Waals surface area contributed by atoms with Crippen LogP contribution in [0, 0.1) is 0 Å². The van der Waals surface area contributed by atoms with Gasteiger partial charge in [-0.2, -0.15) is 0 Å². The summed E-state index contributed by atoms with van der Waals surface area (Å²) in [5.74, 6) is 0.244. The van der Waals surface area contributed by atoms with Crippen molar-refractivity contribution in [3.8, 4) is 16.9 Å². The highest BCUT2D eigenvalue weighted by atomic mass is 16.3. The lowest BCUT2D eigenvalue weighted by atomic mass is 9.91. The van der Waals surface area contributed by atoms with Gasteiger partial charge in [0, 0.05) is 22.9 Å². The Bertz CT molecular complexity index is 1300. The number of phenolic OH excluding ortho intramolecular Hbond substituents is 1. The normalized spacial score (nSPS) is 11.4. The number of para-hydroxylation sites is 2. The largest absolute Gasteiger partial charge is 0.507 e. The maximum atomic E-state index is 11.1. The van der Waals surface area contributed by atoms with Crippen molar-refractivity contribution >= 4 is 33.4 Å². The lowest BCUT2D eigenvalue weighted by Crippen LogP contribution is -1.89. The van der Waals surface area contributed by atoms with Crippen molar-refractivity contribution in [3.63, 3.8) is 0 Å². The van der Waals surface area contributed by atoms with Gasteiger partial charge in [-0.3, -0.25) is 4.99 Å². The number of rotatable bonds is 3. The summed E-state index contributed by atoms with van der Waals surface area (Å²) >= 11 is 0. The molecule has 0 aliphatic rings. The van der Waals surface area contributed by atoms with E-state index in [2.05, 4.69) is 35.3 Å². The molecule has 0 aliphatic heterocycles. The molecule has 0 radical (unpaired) electrons. The SMILES string of the molecule is Oc1c(C=Nc2ccccc2)cccc1-c1c2ccccc2cc2ccccc12. The van der Waals surface area contributed by atoms with E-state index in [1.165, 1.54) is 0 Å². The van der Waals surface area contributed by atoms with E-state index in [1.807, 2.05) is 72.8 Å². The third-order valence-corrected chi connectivity index (χ3v) is 5.22. The third kappa shape index (κ3) is 3.15. The van der Waals surface area contributed by atoms with Gasteiger partial charge in [0.15, 0.2) is 0 Å². The van der Waals surface area contributed by atoms with E-state index in [0.29, 0.717) is 5.56 Å². The zero-order valence-corrected chi connectivity index (χ0v) is 15.8. The second kappa shape index (κ2) is 7.25. The van der Waals surface area contributed by atoms with Gasteiger partial charge in [-0.1, -0.05) is 78.9 Å². The van der Waals surface area contributed by atoms with Gasteiger partial charge in [0.25, 0.3) is 0 Å². The summed E-state index contributed by atoms with van der Waals surface area (Å²) in [5.41, 5.74) is 3.41. The second-order valence-electron chi connectivity index (χ2n) is 7.03. The molecule has 1 N–H and O–H groups in total. The van der Waals surface area contributed by atoms with Crippen LogP contribution in [0.5, 0.6) is 5.75 Å². The predicted octanol–water partition coefficient (Wildman–Crippen LogP) is 7.12. The van der Waals surface area contributed by atoms with Crippen molar-refractivity contribution in [1.29, 1.82) is 0 Å². The highest BCUT2D eigenvalue weighted by molar-refractivity contribution is 6.14. The fourth-order valence-corrected chi connectivity index (χ4v) is 3.83. The molecule has 0 saturated heterocycles. The zero-order chi connectivity index (χ0) is 19.6. The predicted molar refractivity (Wildman–Crippen MR) is 122 cm³/mol. The van der Waals surface area contributed by atoms with Gasteiger partial charge in [0.1, 0.15) is 5.75 Å². The van der Waals surface area contributed by atoms with Crippen LogP contribution in [0.4, 0.5) is 5.69 Å². The van der Waals surface area contributed by atoms with Crippen molar-refractivity contribution in [2.24, 2.45) is 4.99 Å². The summed E-state index contributed by atoms with van der Waals surface area (Å²) in [4.78, 5) is 4.51. The molecule has 2 heteroatoms. The molecule has 29 heavy (non-hydrogen) atoms. The molecule has 0 heterocycles. The number of nitrogens with zero attached hydrogens (tertiary/aromatic N) is 1. The fourth-order valence-electron chi connectivity index (χ4n) is 3.83. The number of phenols is 1. The van der Waals surface area contributed by atoms with Crippen molar-refractivity contribution < 1.29 is 5.11 Å². The molecule has 5 rings (SSSR count). The van der Waals surface area contributed by atoms with Gasteiger partial charge < -0.3 is 5.11 Å². The molecular weight excluding hydrogens is 354 g/mol. The average molecular weight is 373 g/mol. The highest BCUT2D eigenvalue weighted by Crippen LogP contribution is 2.41. The average Bonchev–Trinajstić information content (AvgIpc) is 2.78. The minimum absolute atomic E-state index is 0.244. The van der Waals surface area contributed by atoms with Gasteiger partial charge in [0.05, 0.1) is 5.69 Å². The first-order chi connectivity index (χ1) is 14.3. The molecule has 0 amide bonds. The van der Waals surface area contributed by atoms with E-state index in [9.17, 15) is 5.11 Å². The molecule has 0 aromatic heterocycles. The molecule has 0 bridgehead atoms. The summed E-state index contributed by atoms with van der Waals surface area (Å²) in [5, 5.41) is 15.7. The third-order valence-electron chi connectivity index (χ3n) is 5.22. The molecule has 138 valence electrons. The molecule has 0 fully saturated rings. The van der Waals surface area contributed by atoms with Crippen molar-refractivity contribution in [2.75, 3.05) is 0 Å². The van der Waals surface area contributed by atoms with Crippen LogP contribution in [0.2, 0.25) is 0 Å². The molecule has 0 spiro atoms. The molecule has 0 atom stereocenters. The van der Waals surface area contributed by atoms with Gasteiger partial charge in [-0.05, 0) is 45.8 Å². The first-order valence-corrected chi connectivity index (χ1v) is 9.63. The first-order valence-electron chi connectivity index (χ1n) is 9.63. The molecule has 5 aromatic rings. The Hall–Kier alpha value is -3.91. The number of aromatic hydroxyl groups is 1. The molecule has 0 saturated carbocycles. The smallest absolute Gasteiger partial charge is 0.132 e. The number of hydrogen-bond donors (Lipinski definition) is 1. The summed E-state index contributed by atoms with van der Waals surface area (Å²) in [6, 6.07) is 34.4. The van der Waals surface area contributed by atoms with E-state index in [1.54, 1.807) is 6.21 Å². The van der Waals surface area contributed by atoms with Crippen LogP contribution in [0.25, 0.3) is 32.7 Å². The molecular formula is C27H19NO. The summed E-state index contributed by atoms with van der Waals surface area (Å²) in [7, 11) is 0. The molecule has 0 aliphatic carbocycles. The summed E-state index contributed by atoms with van der Waals surface area (Å²) in [6.07, 6.45) is 1.72. The van der Waals surface area contributed by atoms with Gasteiger partial charge in [-0.25, -0.2) is 0 Å². The van der Waals surface area contributed by atoms with Crippen LogP contribution in [-0.2, 0) is 0 Å². The fraction of sp³-hybridized carbons (Fsp3) is 0. The Morgan fingerprint density at radius 1 is 0.621 bits per heavy atom.